The summed E-state index contributed by atoms with van der Waals surface area (Å²) in [5.74, 6) is 1.14. The number of nitrogens with one attached hydrogen (secondary N) is 1. The van der Waals surface area contributed by atoms with E-state index in [0.717, 1.165) is 26.0 Å². The Morgan fingerprint density at radius 1 is 1.33 bits per heavy atom. The van der Waals surface area contributed by atoms with Gasteiger partial charge >= 0.3 is 0 Å². The SMILES string of the molecule is CCNC(C1=COCCC1)C1C(C)OC(C)C1C. The van der Waals surface area contributed by atoms with E-state index in [9.17, 15) is 0 Å². The quantitative estimate of drug-likeness (QED) is 0.835. The Bertz CT molecular complexity index is 303. The molecular weight excluding hydrogens is 226 g/mol. The van der Waals surface area contributed by atoms with Gasteiger partial charge in [-0.2, -0.15) is 0 Å². The maximum atomic E-state index is 6.00. The smallest absolute Gasteiger partial charge is 0.0876 e. The van der Waals surface area contributed by atoms with E-state index in [1.807, 2.05) is 6.26 Å². The predicted octanol–water partition coefficient (Wildman–Crippen LogP) is 2.72. The molecule has 0 aromatic carbocycles. The summed E-state index contributed by atoms with van der Waals surface area (Å²) in [5, 5.41) is 3.65. The molecule has 5 unspecified atom stereocenters. The largest absolute Gasteiger partial charge is 0.501 e. The highest BCUT2D eigenvalue weighted by Crippen LogP contribution is 2.37. The van der Waals surface area contributed by atoms with Crippen LogP contribution in [0.1, 0.15) is 40.5 Å². The van der Waals surface area contributed by atoms with Gasteiger partial charge < -0.3 is 14.8 Å². The summed E-state index contributed by atoms with van der Waals surface area (Å²) in [6.07, 6.45) is 4.96. The molecule has 0 aliphatic carbocycles. The summed E-state index contributed by atoms with van der Waals surface area (Å²) in [5.41, 5.74) is 1.42. The fraction of sp³-hybridized carbons (Fsp3) is 0.867. The minimum absolute atomic E-state index is 0.321. The molecule has 2 heterocycles. The highest BCUT2D eigenvalue weighted by molar-refractivity contribution is 5.14. The maximum absolute atomic E-state index is 6.00. The van der Waals surface area contributed by atoms with E-state index in [4.69, 9.17) is 9.47 Å². The van der Waals surface area contributed by atoms with Crippen LogP contribution in [0.4, 0.5) is 0 Å². The van der Waals surface area contributed by atoms with Crippen LogP contribution in [-0.4, -0.2) is 31.4 Å². The number of likely N-dealkylation sites (N-methyl/N-ethyl adjacent to an activating group) is 1. The molecule has 1 saturated heterocycles. The standard InChI is InChI=1S/C15H27NO2/c1-5-16-15(13-7-6-8-17-9-13)14-10(2)11(3)18-12(14)4/h9-12,14-16H,5-8H2,1-4H3. The zero-order chi connectivity index (χ0) is 13.1. The summed E-state index contributed by atoms with van der Waals surface area (Å²) in [6, 6.07) is 0.408. The van der Waals surface area contributed by atoms with Crippen LogP contribution >= 0.6 is 0 Å². The molecule has 0 aromatic heterocycles. The molecule has 2 aliphatic heterocycles. The first-order valence-electron chi connectivity index (χ1n) is 7.34. The van der Waals surface area contributed by atoms with Gasteiger partial charge in [-0.1, -0.05) is 13.8 Å². The number of rotatable bonds is 4. The van der Waals surface area contributed by atoms with Gasteiger partial charge in [0, 0.05) is 12.0 Å². The predicted molar refractivity (Wildman–Crippen MR) is 73.4 cm³/mol. The van der Waals surface area contributed by atoms with E-state index in [2.05, 4.69) is 33.0 Å². The zero-order valence-electron chi connectivity index (χ0n) is 12.1. The van der Waals surface area contributed by atoms with Gasteiger partial charge in [0.05, 0.1) is 25.1 Å². The van der Waals surface area contributed by atoms with Crippen molar-refractivity contribution in [2.75, 3.05) is 13.2 Å². The van der Waals surface area contributed by atoms with Crippen molar-refractivity contribution in [1.82, 2.24) is 5.32 Å². The van der Waals surface area contributed by atoms with E-state index in [-0.39, 0.29) is 0 Å². The molecule has 0 aromatic rings. The zero-order valence-corrected chi connectivity index (χ0v) is 12.1. The van der Waals surface area contributed by atoms with Crippen LogP contribution in [0.25, 0.3) is 0 Å². The van der Waals surface area contributed by atoms with Crippen molar-refractivity contribution in [3.8, 4) is 0 Å². The molecule has 3 heteroatoms. The highest BCUT2D eigenvalue weighted by Gasteiger charge is 2.42. The van der Waals surface area contributed by atoms with Crippen LogP contribution < -0.4 is 5.32 Å². The fourth-order valence-corrected chi connectivity index (χ4v) is 3.42. The Morgan fingerprint density at radius 2 is 2.11 bits per heavy atom. The molecule has 0 saturated carbocycles. The van der Waals surface area contributed by atoms with E-state index < -0.39 is 0 Å². The number of hydrogen-bond acceptors (Lipinski definition) is 3. The third kappa shape index (κ3) is 2.72. The van der Waals surface area contributed by atoms with Gasteiger partial charge in [0.2, 0.25) is 0 Å². The second kappa shape index (κ2) is 6.07. The van der Waals surface area contributed by atoms with Crippen molar-refractivity contribution in [3.63, 3.8) is 0 Å². The Labute approximate surface area is 111 Å². The normalized spacial score (nSPS) is 38.1. The Balaban J connectivity index is 2.16. The number of hydrogen-bond donors (Lipinski definition) is 1. The van der Waals surface area contributed by atoms with Crippen LogP contribution in [0.15, 0.2) is 11.8 Å². The maximum Gasteiger partial charge on any atom is 0.0876 e. The summed E-state index contributed by atoms with van der Waals surface area (Å²) in [6.45, 7) is 10.7. The lowest BCUT2D eigenvalue weighted by Crippen LogP contribution is -2.43. The first-order chi connectivity index (χ1) is 8.65. The van der Waals surface area contributed by atoms with Gasteiger partial charge in [-0.25, -0.2) is 0 Å². The van der Waals surface area contributed by atoms with E-state index in [1.54, 1.807) is 0 Å². The summed E-state index contributed by atoms with van der Waals surface area (Å²) >= 11 is 0. The number of ether oxygens (including phenoxy) is 2. The van der Waals surface area contributed by atoms with Crippen molar-refractivity contribution < 1.29 is 9.47 Å². The molecule has 2 rings (SSSR count). The second-order valence-corrected chi connectivity index (χ2v) is 5.69. The highest BCUT2D eigenvalue weighted by atomic mass is 16.5. The second-order valence-electron chi connectivity index (χ2n) is 5.69. The Morgan fingerprint density at radius 3 is 2.61 bits per heavy atom. The topological polar surface area (TPSA) is 30.5 Å². The summed E-state index contributed by atoms with van der Waals surface area (Å²) in [7, 11) is 0. The lowest BCUT2D eigenvalue weighted by Gasteiger charge is -2.32. The monoisotopic (exact) mass is 253 g/mol. The first kappa shape index (κ1) is 13.9. The molecule has 1 N–H and O–H groups in total. The molecule has 2 aliphatic rings. The fourth-order valence-electron chi connectivity index (χ4n) is 3.42. The Kier molecular flexibility index (Phi) is 4.68. The molecule has 0 bridgehead atoms. The van der Waals surface area contributed by atoms with Crippen LogP contribution in [0, 0.1) is 11.8 Å². The molecule has 18 heavy (non-hydrogen) atoms. The molecule has 1 fully saturated rings. The Hall–Kier alpha value is -0.540. The lowest BCUT2D eigenvalue weighted by atomic mass is 9.79. The van der Waals surface area contributed by atoms with Crippen LogP contribution in [-0.2, 0) is 9.47 Å². The molecular formula is C15H27NO2. The molecule has 3 nitrogen and oxygen atoms in total. The summed E-state index contributed by atoms with van der Waals surface area (Å²) in [4.78, 5) is 0. The third-order valence-corrected chi connectivity index (χ3v) is 4.49. The van der Waals surface area contributed by atoms with Crippen molar-refractivity contribution >= 4 is 0 Å². The van der Waals surface area contributed by atoms with E-state index >= 15 is 0 Å². The molecule has 104 valence electrons. The van der Waals surface area contributed by atoms with E-state index in [1.165, 1.54) is 5.57 Å². The van der Waals surface area contributed by atoms with Gasteiger partial charge in [-0.05, 0) is 44.7 Å². The third-order valence-electron chi connectivity index (χ3n) is 4.49. The minimum Gasteiger partial charge on any atom is -0.501 e. The van der Waals surface area contributed by atoms with Gasteiger partial charge in [-0.3, -0.25) is 0 Å². The molecule has 5 atom stereocenters. The summed E-state index contributed by atoms with van der Waals surface area (Å²) < 4.78 is 11.5. The average molecular weight is 253 g/mol. The molecule has 0 spiro atoms. The van der Waals surface area contributed by atoms with Crippen molar-refractivity contribution in [1.29, 1.82) is 0 Å². The van der Waals surface area contributed by atoms with Crippen LogP contribution in [0.2, 0.25) is 0 Å². The lowest BCUT2D eigenvalue weighted by molar-refractivity contribution is 0.0484. The van der Waals surface area contributed by atoms with Crippen molar-refractivity contribution in [2.24, 2.45) is 11.8 Å². The van der Waals surface area contributed by atoms with Crippen molar-refractivity contribution in [2.45, 2.75) is 58.8 Å². The molecule has 0 amide bonds. The van der Waals surface area contributed by atoms with Gasteiger partial charge in [0.25, 0.3) is 0 Å². The van der Waals surface area contributed by atoms with Crippen LogP contribution in [0.3, 0.4) is 0 Å². The van der Waals surface area contributed by atoms with E-state index in [0.29, 0.717) is 30.1 Å². The van der Waals surface area contributed by atoms with Gasteiger partial charge in [0.15, 0.2) is 0 Å². The van der Waals surface area contributed by atoms with Crippen molar-refractivity contribution in [3.05, 3.63) is 11.8 Å². The minimum atomic E-state index is 0.321. The first-order valence-corrected chi connectivity index (χ1v) is 7.34. The van der Waals surface area contributed by atoms with Gasteiger partial charge in [0.1, 0.15) is 0 Å². The van der Waals surface area contributed by atoms with Crippen LogP contribution in [0.5, 0.6) is 0 Å². The van der Waals surface area contributed by atoms with Gasteiger partial charge in [-0.15, -0.1) is 0 Å². The average Bonchev–Trinajstić information content (AvgIpc) is 2.62. The molecule has 0 radical (unpaired) electrons.